The van der Waals surface area contributed by atoms with Gasteiger partial charge in [0.15, 0.2) is 0 Å². The lowest BCUT2D eigenvalue weighted by Gasteiger charge is -2.37. The molecule has 2 heteroatoms. The fourth-order valence-corrected chi connectivity index (χ4v) is 3.78. The van der Waals surface area contributed by atoms with E-state index in [1.165, 1.54) is 18.4 Å². The lowest BCUT2D eigenvalue weighted by molar-refractivity contribution is 0.0543. The van der Waals surface area contributed by atoms with Crippen molar-refractivity contribution in [2.75, 3.05) is 6.61 Å². The third kappa shape index (κ3) is 3.87. The van der Waals surface area contributed by atoms with Gasteiger partial charge in [-0.2, -0.15) is 0 Å². The predicted octanol–water partition coefficient (Wildman–Crippen LogP) is 4.45. The molecule has 1 aliphatic rings. The van der Waals surface area contributed by atoms with E-state index in [0.29, 0.717) is 6.10 Å². The molecule has 21 heavy (non-hydrogen) atoms. The van der Waals surface area contributed by atoms with Crippen LogP contribution < -0.4 is 0 Å². The van der Waals surface area contributed by atoms with Gasteiger partial charge in [-0.3, -0.25) is 0 Å². The van der Waals surface area contributed by atoms with Crippen LogP contribution in [0.15, 0.2) is 30.3 Å². The van der Waals surface area contributed by atoms with Crippen LogP contribution in [-0.2, 0) is 10.2 Å². The molecule has 0 radical (unpaired) electrons. The molecule has 0 bridgehead atoms. The minimum atomic E-state index is -0.267. The zero-order chi connectivity index (χ0) is 15.1. The Hall–Kier alpha value is -0.860. The standard InChI is InChI=1S/C19H30O2/c1-3-19(4-2,16-10-6-5-7-11-16)18(20)14-8-12-17-13-9-15-21-17/h5-7,10-11,17-18,20H,3-4,8-9,12-15H2,1-2H3. The number of rotatable bonds is 8. The van der Waals surface area contributed by atoms with Crippen LogP contribution in [0.2, 0.25) is 0 Å². The van der Waals surface area contributed by atoms with Crippen molar-refractivity contribution in [3.05, 3.63) is 35.9 Å². The van der Waals surface area contributed by atoms with Crippen molar-refractivity contribution in [1.29, 1.82) is 0 Å². The van der Waals surface area contributed by atoms with E-state index in [1.54, 1.807) is 0 Å². The van der Waals surface area contributed by atoms with Crippen molar-refractivity contribution in [3.63, 3.8) is 0 Å². The van der Waals surface area contributed by atoms with E-state index in [9.17, 15) is 5.11 Å². The van der Waals surface area contributed by atoms with Crippen LogP contribution in [0.5, 0.6) is 0 Å². The van der Waals surface area contributed by atoms with Crippen molar-refractivity contribution >= 4 is 0 Å². The van der Waals surface area contributed by atoms with Gasteiger partial charge in [-0.15, -0.1) is 0 Å². The van der Waals surface area contributed by atoms with E-state index in [1.807, 2.05) is 6.07 Å². The van der Waals surface area contributed by atoms with Crippen LogP contribution in [0, 0.1) is 0 Å². The number of ether oxygens (including phenoxy) is 1. The molecule has 1 aliphatic heterocycles. The van der Waals surface area contributed by atoms with Crippen molar-refractivity contribution in [2.45, 2.75) is 76.4 Å². The van der Waals surface area contributed by atoms with Crippen LogP contribution in [0.1, 0.15) is 64.4 Å². The summed E-state index contributed by atoms with van der Waals surface area (Å²) in [6, 6.07) is 10.5. The Labute approximate surface area is 129 Å². The maximum atomic E-state index is 10.8. The number of aliphatic hydroxyl groups excluding tert-OH is 1. The highest BCUT2D eigenvalue weighted by atomic mass is 16.5. The molecule has 2 unspecified atom stereocenters. The van der Waals surface area contributed by atoms with E-state index < -0.39 is 0 Å². The second-order valence-corrected chi connectivity index (χ2v) is 6.31. The molecular formula is C19H30O2. The van der Waals surface area contributed by atoms with Crippen LogP contribution >= 0.6 is 0 Å². The third-order valence-corrected chi connectivity index (χ3v) is 5.28. The number of benzene rings is 1. The number of hydrogen-bond acceptors (Lipinski definition) is 2. The summed E-state index contributed by atoms with van der Waals surface area (Å²) >= 11 is 0. The molecular weight excluding hydrogens is 260 g/mol. The highest BCUT2D eigenvalue weighted by molar-refractivity contribution is 5.26. The SMILES string of the molecule is CCC(CC)(c1ccccc1)C(O)CCCC1CCCO1. The van der Waals surface area contributed by atoms with Gasteiger partial charge >= 0.3 is 0 Å². The van der Waals surface area contributed by atoms with Crippen LogP contribution in [0.3, 0.4) is 0 Å². The van der Waals surface area contributed by atoms with Gasteiger partial charge < -0.3 is 9.84 Å². The Morgan fingerprint density at radius 1 is 1.24 bits per heavy atom. The molecule has 0 aromatic heterocycles. The predicted molar refractivity (Wildman–Crippen MR) is 87.5 cm³/mol. The molecule has 1 N–H and O–H groups in total. The minimum absolute atomic E-state index is 0.0994. The molecule has 1 aromatic rings. The average molecular weight is 290 g/mol. The van der Waals surface area contributed by atoms with Gasteiger partial charge in [-0.1, -0.05) is 44.2 Å². The second kappa shape index (κ2) is 7.95. The van der Waals surface area contributed by atoms with Gasteiger partial charge in [0, 0.05) is 12.0 Å². The zero-order valence-electron chi connectivity index (χ0n) is 13.6. The lowest BCUT2D eigenvalue weighted by Crippen LogP contribution is -2.38. The molecule has 1 heterocycles. The minimum Gasteiger partial charge on any atom is -0.392 e. The summed E-state index contributed by atoms with van der Waals surface area (Å²) in [6.45, 7) is 5.31. The van der Waals surface area contributed by atoms with E-state index in [2.05, 4.69) is 38.1 Å². The first-order valence-corrected chi connectivity index (χ1v) is 8.58. The van der Waals surface area contributed by atoms with Crippen LogP contribution in [-0.4, -0.2) is 23.9 Å². The summed E-state index contributed by atoms with van der Waals surface area (Å²) in [5.74, 6) is 0. The average Bonchev–Trinajstić information content (AvgIpc) is 3.03. The molecule has 0 spiro atoms. The van der Waals surface area contributed by atoms with E-state index >= 15 is 0 Å². The summed E-state index contributed by atoms with van der Waals surface area (Å²) in [6.07, 6.45) is 7.55. The fraction of sp³-hybridized carbons (Fsp3) is 0.684. The highest BCUT2D eigenvalue weighted by Gasteiger charge is 2.35. The van der Waals surface area contributed by atoms with Gasteiger partial charge in [-0.25, -0.2) is 0 Å². The van der Waals surface area contributed by atoms with Crippen molar-refractivity contribution < 1.29 is 9.84 Å². The molecule has 0 aliphatic carbocycles. The summed E-state index contributed by atoms with van der Waals surface area (Å²) in [5, 5.41) is 10.8. The first kappa shape index (κ1) is 16.5. The molecule has 2 atom stereocenters. The van der Waals surface area contributed by atoms with Crippen molar-refractivity contribution in [1.82, 2.24) is 0 Å². The largest absolute Gasteiger partial charge is 0.392 e. The lowest BCUT2D eigenvalue weighted by atomic mass is 9.70. The summed E-state index contributed by atoms with van der Waals surface area (Å²) in [5.41, 5.74) is 1.18. The fourth-order valence-electron chi connectivity index (χ4n) is 3.78. The molecule has 0 amide bonds. The van der Waals surface area contributed by atoms with Gasteiger partial charge in [0.2, 0.25) is 0 Å². The normalized spacial score (nSPS) is 20.6. The molecule has 1 aromatic carbocycles. The summed E-state index contributed by atoms with van der Waals surface area (Å²) in [7, 11) is 0. The quantitative estimate of drug-likeness (QED) is 0.766. The first-order valence-electron chi connectivity index (χ1n) is 8.58. The molecule has 2 nitrogen and oxygen atoms in total. The van der Waals surface area contributed by atoms with Gasteiger partial charge in [0.1, 0.15) is 0 Å². The smallest absolute Gasteiger partial charge is 0.0636 e. The van der Waals surface area contributed by atoms with E-state index in [0.717, 1.165) is 38.7 Å². The second-order valence-electron chi connectivity index (χ2n) is 6.31. The monoisotopic (exact) mass is 290 g/mol. The first-order chi connectivity index (χ1) is 10.2. The Kier molecular flexibility index (Phi) is 6.25. The van der Waals surface area contributed by atoms with Crippen LogP contribution in [0.25, 0.3) is 0 Å². The molecule has 1 saturated heterocycles. The maximum Gasteiger partial charge on any atom is 0.0636 e. The van der Waals surface area contributed by atoms with E-state index in [4.69, 9.17) is 4.74 Å². The Morgan fingerprint density at radius 2 is 1.95 bits per heavy atom. The third-order valence-electron chi connectivity index (χ3n) is 5.28. The maximum absolute atomic E-state index is 10.8. The Bertz CT molecular complexity index is 391. The topological polar surface area (TPSA) is 29.5 Å². The van der Waals surface area contributed by atoms with Gasteiger partial charge in [-0.05, 0) is 50.5 Å². The summed E-state index contributed by atoms with van der Waals surface area (Å²) < 4.78 is 5.68. The van der Waals surface area contributed by atoms with Gasteiger partial charge in [0.05, 0.1) is 12.2 Å². The zero-order valence-corrected chi connectivity index (χ0v) is 13.6. The van der Waals surface area contributed by atoms with Crippen molar-refractivity contribution in [3.8, 4) is 0 Å². The Balaban J connectivity index is 1.96. The van der Waals surface area contributed by atoms with Crippen LogP contribution in [0.4, 0.5) is 0 Å². The van der Waals surface area contributed by atoms with E-state index in [-0.39, 0.29) is 11.5 Å². The molecule has 0 saturated carbocycles. The summed E-state index contributed by atoms with van der Waals surface area (Å²) in [4.78, 5) is 0. The molecule has 1 fully saturated rings. The molecule has 2 rings (SSSR count). The van der Waals surface area contributed by atoms with Gasteiger partial charge in [0.25, 0.3) is 0 Å². The van der Waals surface area contributed by atoms with Crippen molar-refractivity contribution in [2.24, 2.45) is 0 Å². The Morgan fingerprint density at radius 3 is 2.52 bits per heavy atom. The number of hydrogen-bond donors (Lipinski definition) is 1. The highest BCUT2D eigenvalue weighted by Crippen LogP contribution is 2.37. The molecule has 118 valence electrons. The number of aliphatic hydroxyl groups is 1.